The van der Waals surface area contributed by atoms with Crippen LogP contribution in [-0.2, 0) is 4.79 Å². The molecule has 9 rings (SSSR count). The summed E-state index contributed by atoms with van der Waals surface area (Å²) in [7, 11) is 0. The van der Waals surface area contributed by atoms with Crippen LogP contribution in [0.4, 0.5) is 10.2 Å². The number of H-pyrrole nitrogens is 1. The Hall–Kier alpha value is -3.76. The summed E-state index contributed by atoms with van der Waals surface area (Å²) in [5, 5.41) is 8.85. The number of ether oxygens (including phenoxy) is 1. The summed E-state index contributed by atoms with van der Waals surface area (Å²) < 4.78 is 23.4. The Bertz CT molecular complexity index is 1800. The highest BCUT2D eigenvalue weighted by molar-refractivity contribution is 6.35. The number of carbonyl (C=O) groups excluding carboxylic acids is 1. The number of aryl methyl sites for hydroxylation is 1. The van der Waals surface area contributed by atoms with E-state index in [1.807, 2.05) is 24.0 Å². The molecule has 5 aliphatic heterocycles. The van der Waals surface area contributed by atoms with Crippen LogP contribution in [0.5, 0.6) is 6.01 Å². The van der Waals surface area contributed by atoms with Crippen molar-refractivity contribution in [2.75, 3.05) is 50.7 Å². The number of anilines is 1. The largest absolute Gasteiger partial charge is 0.458 e. The van der Waals surface area contributed by atoms with Crippen molar-refractivity contribution in [1.82, 2.24) is 30.0 Å². The molecular formula is C33H35ClFN7O2. The van der Waals surface area contributed by atoms with E-state index in [0.29, 0.717) is 33.3 Å². The Morgan fingerprint density at radius 2 is 1.91 bits per heavy atom. The Morgan fingerprint density at radius 1 is 1.14 bits per heavy atom. The zero-order chi connectivity index (χ0) is 30.2. The lowest BCUT2D eigenvalue weighted by molar-refractivity contribution is -0.139. The zero-order valence-electron chi connectivity index (χ0n) is 24.8. The molecule has 0 radical (unpaired) electrons. The second-order valence-electron chi connectivity index (χ2n) is 13.0. The van der Waals surface area contributed by atoms with Gasteiger partial charge in [-0.3, -0.25) is 14.8 Å². The van der Waals surface area contributed by atoms with Crippen molar-refractivity contribution >= 4 is 45.1 Å². The highest BCUT2D eigenvalue weighted by Crippen LogP contribution is 2.45. The topological polar surface area (TPSA) is 90.5 Å². The van der Waals surface area contributed by atoms with E-state index in [1.54, 1.807) is 12.3 Å². The van der Waals surface area contributed by atoms with E-state index in [-0.39, 0.29) is 29.0 Å². The van der Waals surface area contributed by atoms with E-state index in [9.17, 15) is 4.79 Å². The molecule has 1 unspecified atom stereocenters. The van der Waals surface area contributed by atoms with Crippen LogP contribution in [0.15, 0.2) is 37.1 Å². The number of piperidine rings is 4. The normalized spacial score (nSPS) is 24.2. The van der Waals surface area contributed by atoms with E-state index in [0.717, 1.165) is 88.0 Å². The standard InChI is InChI=1S/C33H35ClFN7O2/c1-3-26(43)42-17-33(18-42)8-12-41(13-9-33)31-21-14-23(34)28(27-19(2)4-5-24-22(27)15-36-39-24)29(35)30(21)37-32(38-31)44-25-16-40-10-6-20(25)7-11-40/h3-5,14-15,20,25H,1,6-13,16-18H2,2H3,(H,36,39). The van der Waals surface area contributed by atoms with Crippen molar-refractivity contribution in [3.63, 3.8) is 0 Å². The highest BCUT2D eigenvalue weighted by Gasteiger charge is 2.46. The maximum atomic E-state index is 16.9. The van der Waals surface area contributed by atoms with Gasteiger partial charge in [-0.2, -0.15) is 15.1 Å². The van der Waals surface area contributed by atoms with Crippen LogP contribution in [0.3, 0.4) is 0 Å². The lowest BCUT2D eigenvalue weighted by Gasteiger charge is -2.54. The molecule has 9 nitrogen and oxygen atoms in total. The molecule has 1 spiro atoms. The van der Waals surface area contributed by atoms with Gasteiger partial charge in [-0.25, -0.2) is 4.39 Å². The first-order valence-corrected chi connectivity index (χ1v) is 15.9. The first kappa shape index (κ1) is 27.8. The second kappa shape index (κ2) is 10.4. The van der Waals surface area contributed by atoms with Crippen LogP contribution < -0.4 is 9.64 Å². The number of nitrogens with zero attached hydrogens (tertiary/aromatic N) is 6. The Labute approximate surface area is 260 Å². The number of rotatable bonds is 5. The van der Waals surface area contributed by atoms with Crippen LogP contribution in [0, 0.1) is 24.1 Å². The number of aromatic amines is 1. The van der Waals surface area contributed by atoms with Crippen molar-refractivity contribution in [2.45, 2.75) is 38.7 Å². The molecule has 1 atom stereocenters. The smallest absolute Gasteiger partial charge is 0.319 e. The number of aromatic nitrogens is 4. The molecule has 5 aliphatic rings. The van der Waals surface area contributed by atoms with Gasteiger partial charge < -0.3 is 14.5 Å². The highest BCUT2D eigenvalue weighted by atomic mass is 35.5. The summed E-state index contributed by atoms with van der Waals surface area (Å²) in [4.78, 5) is 28.2. The van der Waals surface area contributed by atoms with Gasteiger partial charge in [0.15, 0.2) is 5.82 Å². The minimum atomic E-state index is -0.488. The molecule has 44 heavy (non-hydrogen) atoms. The second-order valence-corrected chi connectivity index (χ2v) is 13.4. The number of carbonyl (C=O) groups is 1. The number of halogens is 2. The van der Waals surface area contributed by atoms with Gasteiger partial charge in [0.1, 0.15) is 17.4 Å². The van der Waals surface area contributed by atoms with E-state index in [1.165, 1.54) is 6.08 Å². The van der Waals surface area contributed by atoms with Gasteiger partial charge >= 0.3 is 6.01 Å². The van der Waals surface area contributed by atoms with Gasteiger partial charge in [0.2, 0.25) is 5.91 Å². The van der Waals surface area contributed by atoms with Crippen molar-refractivity contribution in [3.8, 4) is 17.1 Å². The van der Waals surface area contributed by atoms with Crippen molar-refractivity contribution in [3.05, 3.63) is 53.5 Å². The summed E-state index contributed by atoms with van der Waals surface area (Å²) in [5.74, 6) is 0.587. The molecule has 0 saturated carbocycles. The number of hydrogen-bond acceptors (Lipinski definition) is 7. The van der Waals surface area contributed by atoms with Gasteiger partial charge in [0.25, 0.3) is 0 Å². The number of likely N-dealkylation sites (tertiary alicyclic amines) is 1. The lowest BCUT2D eigenvalue weighted by atomic mass is 9.72. The monoisotopic (exact) mass is 615 g/mol. The summed E-state index contributed by atoms with van der Waals surface area (Å²) >= 11 is 6.94. The Balaban J connectivity index is 1.20. The SMILES string of the molecule is C=CC(=O)N1CC2(CCN(c3nc(OC4CN5CCC4CC5)nc4c(F)c(-c5c(C)ccc6[nH]ncc56)c(Cl)cc34)CC2)C1. The Kier molecular flexibility index (Phi) is 6.57. The van der Waals surface area contributed by atoms with E-state index >= 15 is 4.39 Å². The molecular weight excluding hydrogens is 581 g/mol. The predicted molar refractivity (Wildman–Crippen MR) is 169 cm³/mol. The van der Waals surface area contributed by atoms with Crippen LogP contribution in [0.2, 0.25) is 5.02 Å². The molecule has 2 aromatic heterocycles. The van der Waals surface area contributed by atoms with E-state index < -0.39 is 5.82 Å². The van der Waals surface area contributed by atoms with Crippen molar-refractivity contribution < 1.29 is 13.9 Å². The third-order valence-electron chi connectivity index (χ3n) is 10.4. The molecule has 11 heteroatoms. The minimum Gasteiger partial charge on any atom is -0.458 e. The quantitative estimate of drug-likeness (QED) is 0.302. The molecule has 228 valence electrons. The fraction of sp³-hybridized carbons (Fsp3) is 0.455. The minimum absolute atomic E-state index is 0.0170. The predicted octanol–water partition coefficient (Wildman–Crippen LogP) is 5.36. The maximum Gasteiger partial charge on any atom is 0.319 e. The van der Waals surface area contributed by atoms with Crippen molar-refractivity contribution in [1.29, 1.82) is 0 Å². The van der Waals surface area contributed by atoms with Gasteiger partial charge in [-0.15, -0.1) is 0 Å². The number of benzene rings is 2. The van der Waals surface area contributed by atoms with E-state index in [2.05, 4.69) is 26.6 Å². The average molecular weight is 616 g/mol. The molecule has 7 heterocycles. The zero-order valence-corrected chi connectivity index (χ0v) is 25.5. The van der Waals surface area contributed by atoms with Crippen LogP contribution >= 0.6 is 11.6 Å². The third-order valence-corrected chi connectivity index (χ3v) is 10.7. The van der Waals surface area contributed by atoms with Crippen LogP contribution in [-0.4, -0.2) is 87.8 Å². The van der Waals surface area contributed by atoms with Gasteiger partial charge in [-0.1, -0.05) is 24.2 Å². The first-order chi connectivity index (χ1) is 21.3. The fourth-order valence-corrected chi connectivity index (χ4v) is 8.16. The number of amides is 1. The fourth-order valence-electron chi connectivity index (χ4n) is 7.88. The van der Waals surface area contributed by atoms with Crippen LogP contribution in [0.1, 0.15) is 31.2 Å². The number of fused-ring (bicyclic) bond motifs is 5. The van der Waals surface area contributed by atoms with Crippen LogP contribution in [0.25, 0.3) is 32.9 Å². The van der Waals surface area contributed by atoms with Gasteiger partial charge in [0, 0.05) is 60.0 Å². The summed E-state index contributed by atoms with van der Waals surface area (Å²) in [6.07, 6.45) is 7.06. The van der Waals surface area contributed by atoms with Gasteiger partial charge in [-0.05, 0) is 75.4 Å². The molecule has 4 aromatic rings. The molecule has 1 amide bonds. The molecule has 5 saturated heterocycles. The summed E-state index contributed by atoms with van der Waals surface area (Å²) in [6, 6.07) is 5.89. The lowest BCUT2D eigenvalue weighted by Crippen LogP contribution is -2.61. The average Bonchev–Trinajstić information content (AvgIpc) is 3.50. The first-order valence-electron chi connectivity index (χ1n) is 15.5. The Morgan fingerprint density at radius 3 is 2.61 bits per heavy atom. The number of hydrogen-bond donors (Lipinski definition) is 1. The molecule has 0 aliphatic carbocycles. The summed E-state index contributed by atoms with van der Waals surface area (Å²) in [6.45, 7) is 11.5. The van der Waals surface area contributed by atoms with E-state index in [4.69, 9.17) is 26.3 Å². The molecule has 2 bridgehead atoms. The summed E-state index contributed by atoms with van der Waals surface area (Å²) in [5.41, 5.74) is 3.01. The molecule has 5 fully saturated rings. The number of nitrogens with one attached hydrogen (secondary N) is 1. The van der Waals surface area contributed by atoms with Crippen molar-refractivity contribution in [2.24, 2.45) is 11.3 Å². The molecule has 1 N–H and O–H groups in total. The molecule has 2 aromatic carbocycles. The maximum absolute atomic E-state index is 16.9. The van der Waals surface area contributed by atoms with Gasteiger partial charge in [0.05, 0.1) is 16.7 Å². The third kappa shape index (κ3) is 4.44.